The van der Waals surface area contributed by atoms with Crippen molar-refractivity contribution in [3.05, 3.63) is 53.1 Å². The molecule has 1 fully saturated rings. The quantitative estimate of drug-likeness (QED) is 0.547. The van der Waals surface area contributed by atoms with Crippen molar-refractivity contribution in [2.24, 2.45) is 0 Å². The van der Waals surface area contributed by atoms with Gasteiger partial charge in [-0.05, 0) is 24.3 Å². The van der Waals surface area contributed by atoms with Gasteiger partial charge in [0.2, 0.25) is 21.7 Å². The van der Waals surface area contributed by atoms with E-state index < -0.39 is 50.5 Å². The molecule has 0 saturated carbocycles. The van der Waals surface area contributed by atoms with Gasteiger partial charge in [0.15, 0.2) is 17.4 Å². The molecule has 0 aliphatic carbocycles. The molecule has 1 heterocycles. The predicted octanol–water partition coefficient (Wildman–Crippen LogP) is 2.59. The Balaban J connectivity index is 1.73. The van der Waals surface area contributed by atoms with Gasteiger partial charge < -0.3 is 15.0 Å². The molecule has 31 heavy (non-hydrogen) atoms. The third-order valence-electron chi connectivity index (χ3n) is 4.85. The highest BCUT2D eigenvalue weighted by Crippen LogP contribution is 2.30. The van der Waals surface area contributed by atoms with Gasteiger partial charge in [-0.3, -0.25) is 4.79 Å². The molecule has 1 aliphatic heterocycles. The topological polar surface area (TPSA) is 79.0 Å². The first-order chi connectivity index (χ1) is 14.5. The number of hydrogen-bond donors (Lipinski definition) is 1. The number of nitrogens with zero attached hydrogens (tertiary/aromatic N) is 2. The summed E-state index contributed by atoms with van der Waals surface area (Å²) >= 11 is 0. The maximum absolute atomic E-state index is 14.1. The fourth-order valence-corrected chi connectivity index (χ4v) is 4.04. The van der Waals surface area contributed by atoms with Gasteiger partial charge in [-0.2, -0.15) is 13.1 Å². The number of sulfonamides is 1. The number of methoxy groups -OCH3 is 1. The molecule has 0 spiro atoms. The zero-order valence-corrected chi connectivity index (χ0v) is 17.4. The van der Waals surface area contributed by atoms with Crippen molar-refractivity contribution in [3.8, 4) is 5.75 Å². The van der Waals surface area contributed by atoms with E-state index >= 15 is 0 Å². The van der Waals surface area contributed by atoms with Gasteiger partial charge in [-0.25, -0.2) is 17.2 Å². The number of piperazine rings is 1. The maximum Gasteiger partial charge on any atom is 0.261 e. The van der Waals surface area contributed by atoms with Gasteiger partial charge in [0.1, 0.15) is 5.56 Å². The number of halogens is 4. The summed E-state index contributed by atoms with van der Waals surface area (Å²) in [5, 5.41) is 2.19. The fraction of sp³-hybridized carbons (Fsp3) is 0.316. The molecule has 168 valence electrons. The molecular weight excluding hydrogens is 442 g/mol. The van der Waals surface area contributed by atoms with Crippen LogP contribution in [0.4, 0.5) is 28.9 Å². The number of nitrogens with one attached hydrogen (secondary N) is 1. The Morgan fingerprint density at radius 3 is 1.90 bits per heavy atom. The average Bonchev–Trinajstić information content (AvgIpc) is 2.73. The summed E-state index contributed by atoms with van der Waals surface area (Å²) in [6, 6.07) is 6.13. The van der Waals surface area contributed by atoms with E-state index in [1.165, 1.54) is 16.4 Å². The number of rotatable bonds is 5. The first-order valence-electron chi connectivity index (χ1n) is 9.06. The molecule has 2 aromatic rings. The molecular formula is C19H19F4N3O4S. The van der Waals surface area contributed by atoms with Gasteiger partial charge in [0.25, 0.3) is 5.91 Å². The molecule has 3 rings (SSSR count). The third kappa shape index (κ3) is 4.59. The average molecular weight is 461 g/mol. The smallest absolute Gasteiger partial charge is 0.261 e. The normalized spacial score (nSPS) is 15.1. The number of hydrogen-bond acceptors (Lipinski definition) is 5. The Morgan fingerprint density at radius 2 is 1.45 bits per heavy atom. The van der Waals surface area contributed by atoms with Crippen LogP contribution in [0.1, 0.15) is 10.4 Å². The first kappa shape index (κ1) is 22.8. The number of carbonyl (C=O) groups is 1. The van der Waals surface area contributed by atoms with Crippen LogP contribution in [0.3, 0.4) is 0 Å². The molecule has 1 aliphatic rings. The number of anilines is 2. The minimum atomic E-state index is -3.26. The highest BCUT2D eigenvalue weighted by Gasteiger charge is 2.30. The zero-order chi connectivity index (χ0) is 22.9. The number of benzene rings is 2. The van der Waals surface area contributed by atoms with Gasteiger partial charge in [-0.15, -0.1) is 0 Å². The lowest BCUT2D eigenvalue weighted by Gasteiger charge is -2.34. The van der Waals surface area contributed by atoms with Crippen molar-refractivity contribution in [3.63, 3.8) is 0 Å². The van der Waals surface area contributed by atoms with Crippen LogP contribution in [-0.4, -0.2) is 58.2 Å². The summed E-state index contributed by atoms with van der Waals surface area (Å²) < 4.78 is 84.6. The Kier molecular flexibility index (Phi) is 6.41. The SMILES string of the molecule is COc1c(F)c(F)c(C(=O)Nc2ccc(N3CCN(S(C)(=O)=O)CC3)cc2)c(F)c1F. The predicted molar refractivity (Wildman–Crippen MR) is 106 cm³/mol. The van der Waals surface area contributed by atoms with Crippen molar-refractivity contribution in [2.45, 2.75) is 0 Å². The maximum atomic E-state index is 14.1. The Hall–Kier alpha value is -2.86. The molecule has 1 amide bonds. The lowest BCUT2D eigenvalue weighted by Crippen LogP contribution is -2.48. The van der Waals surface area contributed by atoms with Crippen molar-refractivity contribution >= 4 is 27.3 Å². The lowest BCUT2D eigenvalue weighted by atomic mass is 10.1. The minimum absolute atomic E-state index is 0.138. The van der Waals surface area contributed by atoms with Gasteiger partial charge >= 0.3 is 0 Å². The molecule has 1 N–H and O–H groups in total. The minimum Gasteiger partial charge on any atom is -0.491 e. The monoisotopic (exact) mass is 461 g/mol. The molecule has 12 heteroatoms. The highest BCUT2D eigenvalue weighted by atomic mass is 32.2. The van der Waals surface area contributed by atoms with Crippen molar-refractivity contribution in [1.82, 2.24) is 4.31 Å². The zero-order valence-electron chi connectivity index (χ0n) is 16.6. The van der Waals surface area contributed by atoms with E-state index in [2.05, 4.69) is 10.1 Å². The van der Waals surface area contributed by atoms with Crippen LogP contribution in [-0.2, 0) is 10.0 Å². The van der Waals surface area contributed by atoms with E-state index in [-0.39, 0.29) is 5.69 Å². The highest BCUT2D eigenvalue weighted by molar-refractivity contribution is 7.88. The second-order valence-corrected chi connectivity index (χ2v) is 8.80. The van der Waals surface area contributed by atoms with E-state index in [9.17, 15) is 30.8 Å². The van der Waals surface area contributed by atoms with E-state index in [1.54, 1.807) is 12.1 Å². The second-order valence-electron chi connectivity index (χ2n) is 6.81. The molecule has 7 nitrogen and oxygen atoms in total. The number of carbonyl (C=O) groups excluding carboxylic acids is 1. The third-order valence-corrected chi connectivity index (χ3v) is 6.16. The van der Waals surface area contributed by atoms with E-state index in [0.717, 1.165) is 19.1 Å². The summed E-state index contributed by atoms with van der Waals surface area (Å²) in [6.45, 7) is 1.56. The van der Waals surface area contributed by atoms with Crippen LogP contribution < -0.4 is 15.0 Å². The van der Waals surface area contributed by atoms with Crippen molar-refractivity contribution in [2.75, 3.05) is 49.8 Å². The first-order valence-corrected chi connectivity index (χ1v) is 10.9. The van der Waals surface area contributed by atoms with Crippen LogP contribution in [0, 0.1) is 23.3 Å². The molecule has 0 bridgehead atoms. The Morgan fingerprint density at radius 1 is 0.935 bits per heavy atom. The number of ether oxygens (including phenoxy) is 1. The Bertz CT molecular complexity index is 1070. The standard InChI is InChI=1S/C19H19F4N3O4S/c1-30-18-16(22)14(20)13(15(21)17(18)23)19(27)24-11-3-5-12(6-4-11)25-7-9-26(10-8-25)31(2,28)29/h3-6H,7-10H2,1-2H3,(H,24,27). The molecule has 0 unspecified atom stereocenters. The lowest BCUT2D eigenvalue weighted by molar-refractivity contribution is 0.101. The van der Waals surface area contributed by atoms with Crippen molar-refractivity contribution < 1.29 is 35.5 Å². The summed E-state index contributed by atoms with van der Waals surface area (Å²) in [5.41, 5.74) is -0.527. The fourth-order valence-electron chi connectivity index (χ4n) is 3.22. The second kappa shape index (κ2) is 8.71. The molecule has 2 aromatic carbocycles. The number of amides is 1. The molecule has 0 radical (unpaired) electrons. The molecule has 0 aromatic heterocycles. The molecule has 0 atom stereocenters. The van der Waals surface area contributed by atoms with Crippen LogP contribution in [0.2, 0.25) is 0 Å². The summed E-state index contributed by atoms with van der Waals surface area (Å²) in [4.78, 5) is 14.2. The van der Waals surface area contributed by atoms with Crippen LogP contribution in [0.15, 0.2) is 24.3 Å². The summed E-state index contributed by atoms with van der Waals surface area (Å²) in [7, 11) is -2.42. The van der Waals surface area contributed by atoms with Gasteiger partial charge in [0.05, 0.1) is 13.4 Å². The summed E-state index contributed by atoms with van der Waals surface area (Å²) in [5.74, 6) is -9.98. The molecule has 1 saturated heterocycles. The van der Waals surface area contributed by atoms with Crippen molar-refractivity contribution in [1.29, 1.82) is 0 Å². The van der Waals surface area contributed by atoms with Gasteiger partial charge in [-0.1, -0.05) is 0 Å². The van der Waals surface area contributed by atoms with Crippen LogP contribution >= 0.6 is 0 Å². The van der Waals surface area contributed by atoms with Gasteiger partial charge in [0, 0.05) is 37.6 Å². The van der Waals surface area contributed by atoms with E-state index in [0.29, 0.717) is 26.2 Å². The van der Waals surface area contributed by atoms with E-state index in [1.807, 2.05) is 4.90 Å². The largest absolute Gasteiger partial charge is 0.491 e. The Labute approximate surface area is 176 Å². The summed E-state index contributed by atoms with van der Waals surface area (Å²) in [6.07, 6.45) is 1.15. The van der Waals surface area contributed by atoms with E-state index in [4.69, 9.17) is 0 Å². The van der Waals surface area contributed by atoms with Crippen LogP contribution in [0.25, 0.3) is 0 Å². The van der Waals surface area contributed by atoms with Crippen LogP contribution in [0.5, 0.6) is 5.75 Å².